The van der Waals surface area contributed by atoms with Crippen molar-refractivity contribution in [3.05, 3.63) is 76.3 Å². The van der Waals surface area contributed by atoms with Crippen LogP contribution in [0.1, 0.15) is 24.1 Å². The van der Waals surface area contributed by atoms with Crippen molar-refractivity contribution in [3.63, 3.8) is 0 Å². The van der Waals surface area contributed by atoms with Crippen LogP contribution in [0.15, 0.2) is 60.2 Å². The summed E-state index contributed by atoms with van der Waals surface area (Å²) >= 11 is 6.25. The summed E-state index contributed by atoms with van der Waals surface area (Å²) in [5, 5.41) is 11.8. The first-order valence-electron chi connectivity index (χ1n) is 11.7. The average Bonchev–Trinajstić information content (AvgIpc) is 3.50. The van der Waals surface area contributed by atoms with Gasteiger partial charge < -0.3 is 28.8 Å². The van der Waals surface area contributed by atoms with Crippen molar-refractivity contribution in [2.45, 2.75) is 13.0 Å². The third kappa shape index (κ3) is 4.24. The number of benzene rings is 3. The van der Waals surface area contributed by atoms with Crippen LogP contribution in [-0.2, 0) is 9.59 Å². The zero-order valence-corrected chi connectivity index (χ0v) is 21.6. The molecule has 0 saturated carbocycles. The molecule has 2 aliphatic heterocycles. The number of aliphatic hydroxyl groups is 1. The molecule has 1 unspecified atom stereocenters. The first kappa shape index (κ1) is 25.3. The normalized spacial score (nSPS) is 17.6. The molecule has 1 atom stereocenters. The number of methoxy groups -OCH3 is 2. The number of nitrogens with zero attached hydrogens (tertiary/aromatic N) is 1. The fraction of sp³-hybridized carbons (Fsp3) is 0.214. The van der Waals surface area contributed by atoms with Crippen LogP contribution >= 0.6 is 11.6 Å². The van der Waals surface area contributed by atoms with Crippen LogP contribution in [0.2, 0.25) is 5.02 Å². The fourth-order valence-electron chi connectivity index (χ4n) is 4.55. The highest BCUT2D eigenvalue weighted by Gasteiger charge is 2.47. The number of halogens is 1. The maximum absolute atomic E-state index is 13.5. The highest BCUT2D eigenvalue weighted by atomic mass is 35.5. The van der Waals surface area contributed by atoms with Crippen molar-refractivity contribution in [2.24, 2.45) is 0 Å². The first-order valence-corrected chi connectivity index (χ1v) is 12.1. The Morgan fingerprint density at radius 2 is 1.71 bits per heavy atom. The van der Waals surface area contributed by atoms with Gasteiger partial charge in [-0.05, 0) is 42.8 Å². The average molecular weight is 538 g/mol. The van der Waals surface area contributed by atoms with E-state index in [1.54, 1.807) is 42.5 Å². The second kappa shape index (κ2) is 10.2. The fourth-order valence-corrected chi connectivity index (χ4v) is 4.78. The molecule has 1 fully saturated rings. The maximum atomic E-state index is 13.5. The Balaban J connectivity index is 1.72. The van der Waals surface area contributed by atoms with Crippen molar-refractivity contribution >= 4 is 34.7 Å². The number of hydrogen-bond acceptors (Lipinski definition) is 8. The third-order valence-corrected chi connectivity index (χ3v) is 6.61. The summed E-state index contributed by atoms with van der Waals surface area (Å²) in [5.41, 5.74) is 0.995. The van der Waals surface area contributed by atoms with E-state index in [1.807, 2.05) is 6.92 Å². The van der Waals surface area contributed by atoms with Gasteiger partial charge in [0.1, 0.15) is 23.0 Å². The van der Waals surface area contributed by atoms with Gasteiger partial charge in [0.15, 0.2) is 11.5 Å². The molecule has 1 saturated heterocycles. The van der Waals surface area contributed by atoms with Gasteiger partial charge in [-0.1, -0.05) is 23.7 Å². The molecule has 10 heteroatoms. The van der Waals surface area contributed by atoms with Crippen molar-refractivity contribution in [1.82, 2.24) is 0 Å². The lowest BCUT2D eigenvalue weighted by molar-refractivity contribution is -0.132. The zero-order valence-electron chi connectivity index (χ0n) is 20.8. The van der Waals surface area contributed by atoms with E-state index < -0.39 is 23.5 Å². The summed E-state index contributed by atoms with van der Waals surface area (Å²) in [6.07, 6.45) is 0. The predicted molar refractivity (Wildman–Crippen MR) is 140 cm³/mol. The van der Waals surface area contributed by atoms with Crippen LogP contribution in [-0.4, -0.2) is 44.4 Å². The number of carbonyl (C=O) groups excluding carboxylic acids is 2. The summed E-state index contributed by atoms with van der Waals surface area (Å²) in [4.78, 5) is 28.3. The molecule has 9 nitrogen and oxygen atoms in total. The van der Waals surface area contributed by atoms with Crippen LogP contribution in [0.5, 0.6) is 28.7 Å². The molecule has 2 aliphatic rings. The summed E-state index contributed by atoms with van der Waals surface area (Å²) in [5.74, 6) is -0.0542. The van der Waals surface area contributed by atoms with Crippen LogP contribution in [0.4, 0.5) is 5.69 Å². The van der Waals surface area contributed by atoms with Gasteiger partial charge in [0.2, 0.25) is 6.79 Å². The van der Waals surface area contributed by atoms with Gasteiger partial charge in [-0.2, -0.15) is 0 Å². The quantitative estimate of drug-likeness (QED) is 0.252. The number of ketones is 1. The Hall–Kier alpha value is -4.37. The van der Waals surface area contributed by atoms with E-state index >= 15 is 0 Å². The molecule has 38 heavy (non-hydrogen) atoms. The molecule has 0 aliphatic carbocycles. The molecule has 196 valence electrons. The number of Topliss-reactive ketones (excluding diaryl/α,β-unsaturated/α-hetero) is 1. The second-order valence-corrected chi connectivity index (χ2v) is 8.80. The molecule has 1 N–H and O–H groups in total. The highest BCUT2D eigenvalue weighted by Crippen LogP contribution is 2.46. The van der Waals surface area contributed by atoms with Crippen molar-refractivity contribution in [1.29, 1.82) is 0 Å². The molecular weight excluding hydrogens is 514 g/mol. The summed E-state index contributed by atoms with van der Waals surface area (Å²) in [6, 6.07) is 13.9. The van der Waals surface area contributed by atoms with E-state index in [0.29, 0.717) is 35.1 Å². The summed E-state index contributed by atoms with van der Waals surface area (Å²) in [6.45, 7) is 2.40. The Morgan fingerprint density at radius 3 is 2.39 bits per heavy atom. The Morgan fingerprint density at radius 1 is 1.00 bits per heavy atom. The summed E-state index contributed by atoms with van der Waals surface area (Å²) in [7, 11) is 2.83. The highest BCUT2D eigenvalue weighted by molar-refractivity contribution is 6.51. The lowest BCUT2D eigenvalue weighted by Gasteiger charge is -2.26. The van der Waals surface area contributed by atoms with Gasteiger partial charge in [0.25, 0.3) is 11.7 Å². The van der Waals surface area contributed by atoms with Crippen LogP contribution in [0.3, 0.4) is 0 Å². The first-order chi connectivity index (χ1) is 18.4. The number of carbonyl (C=O) groups is 2. The molecule has 0 aromatic heterocycles. The maximum Gasteiger partial charge on any atom is 0.300 e. The Bertz CT molecular complexity index is 1450. The molecule has 0 bridgehead atoms. The smallest absolute Gasteiger partial charge is 0.300 e. The lowest BCUT2D eigenvalue weighted by atomic mass is 9.94. The number of anilines is 1. The number of amides is 1. The van der Waals surface area contributed by atoms with E-state index in [4.69, 9.17) is 35.3 Å². The number of aliphatic hydroxyl groups excluding tert-OH is 1. The largest absolute Gasteiger partial charge is 0.507 e. The summed E-state index contributed by atoms with van der Waals surface area (Å²) < 4.78 is 27.2. The van der Waals surface area contributed by atoms with Crippen molar-refractivity contribution in [2.75, 3.05) is 32.5 Å². The van der Waals surface area contributed by atoms with Crippen LogP contribution in [0.25, 0.3) is 5.76 Å². The van der Waals surface area contributed by atoms with Gasteiger partial charge in [-0.25, -0.2) is 0 Å². The van der Waals surface area contributed by atoms with E-state index in [2.05, 4.69) is 0 Å². The van der Waals surface area contributed by atoms with Gasteiger partial charge in [-0.15, -0.1) is 0 Å². The minimum Gasteiger partial charge on any atom is -0.507 e. The molecule has 0 spiro atoms. The Labute approximate surface area is 223 Å². The van der Waals surface area contributed by atoms with Crippen LogP contribution in [0, 0.1) is 0 Å². The molecule has 2 heterocycles. The molecule has 3 aromatic carbocycles. The number of ether oxygens (including phenoxy) is 5. The topological polar surface area (TPSA) is 104 Å². The van der Waals surface area contributed by atoms with Gasteiger partial charge in [0, 0.05) is 17.8 Å². The molecule has 0 radical (unpaired) electrons. The van der Waals surface area contributed by atoms with Gasteiger partial charge in [-0.3, -0.25) is 14.5 Å². The third-order valence-electron chi connectivity index (χ3n) is 6.31. The minimum atomic E-state index is -0.975. The van der Waals surface area contributed by atoms with E-state index in [0.717, 1.165) is 0 Å². The Kier molecular flexibility index (Phi) is 6.77. The monoisotopic (exact) mass is 537 g/mol. The van der Waals surface area contributed by atoms with E-state index in [1.165, 1.54) is 31.3 Å². The zero-order chi connectivity index (χ0) is 27.0. The molecule has 5 rings (SSSR count). The lowest BCUT2D eigenvalue weighted by Crippen LogP contribution is -2.29. The predicted octanol–water partition coefficient (Wildman–Crippen LogP) is 5.11. The molecular formula is C28H24ClNO8. The van der Waals surface area contributed by atoms with Crippen LogP contribution < -0.4 is 28.6 Å². The van der Waals surface area contributed by atoms with Gasteiger partial charge >= 0.3 is 0 Å². The second-order valence-electron chi connectivity index (χ2n) is 8.40. The van der Waals surface area contributed by atoms with Crippen molar-refractivity contribution < 1.29 is 38.4 Å². The number of rotatable bonds is 7. The number of fused-ring (bicyclic) bond motifs is 1. The van der Waals surface area contributed by atoms with E-state index in [-0.39, 0.29) is 34.5 Å². The SMILES string of the molecule is CCOc1ccc(C2/C(=C(\O)c3cc(OC)c(Cl)cc3OC)C(=O)C(=O)N2c2ccc3c(c2)OCO3)cc1. The standard InChI is InChI=1S/C28H24ClNO8/c1-4-36-17-8-5-15(6-9-17)25-24(26(31)18-12-22(35-3)19(29)13-21(18)34-2)27(32)28(33)30(25)16-7-10-20-23(11-16)38-14-37-20/h5-13,25,31H,4,14H2,1-3H3/b26-24+. The minimum absolute atomic E-state index is 0.0537. The number of hydrogen-bond donors (Lipinski definition) is 1. The van der Waals surface area contributed by atoms with Crippen molar-refractivity contribution in [3.8, 4) is 28.7 Å². The van der Waals surface area contributed by atoms with Gasteiger partial charge in [0.05, 0.1) is 43.0 Å². The van der Waals surface area contributed by atoms with E-state index in [9.17, 15) is 14.7 Å². The molecule has 1 amide bonds. The molecule has 3 aromatic rings.